The molecule has 2 rings (SSSR count). The van der Waals surface area contributed by atoms with Gasteiger partial charge in [-0.3, -0.25) is 0 Å². The van der Waals surface area contributed by atoms with Crippen LogP contribution in [-0.4, -0.2) is 16.3 Å². The molecule has 10 heavy (non-hydrogen) atoms. The highest BCUT2D eigenvalue weighted by molar-refractivity contribution is 5.54. The average Bonchev–Trinajstić information content (AvgIpc) is 2.36. The zero-order valence-corrected chi connectivity index (χ0v) is 5.67. The van der Waals surface area contributed by atoms with Crippen LogP contribution in [0.4, 0.5) is 5.82 Å². The van der Waals surface area contributed by atoms with E-state index in [2.05, 4.69) is 17.0 Å². The second-order valence-corrected chi connectivity index (χ2v) is 2.37. The van der Waals surface area contributed by atoms with Gasteiger partial charge in [0.25, 0.3) is 0 Å². The largest absolute Gasteiger partial charge is 0.370 e. The van der Waals surface area contributed by atoms with Crippen LogP contribution in [-0.2, 0) is 0 Å². The van der Waals surface area contributed by atoms with E-state index in [4.69, 9.17) is 0 Å². The Kier molecular flexibility index (Phi) is 1.03. The number of aromatic nitrogens is 2. The van der Waals surface area contributed by atoms with Crippen molar-refractivity contribution in [1.82, 2.24) is 9.78 Å². The summed E-state index contributed by atoms with van der Waals surface area (Å²) in [6, 6.07) is 1.95. The number of nitrogens with one attached hydrogen (secondary N) is 1. The molecule has 1 aromatic rings. The van der Waals surface area contributed by atoms with Crippen LogP contribution >= 0.6 is 0 Å². The molecule has 0 bridgehead atoms. The van der Waals surface area contributed by atoms with E-state index in [-0.39, 0.29) is 0 Å². The van der Waals surface area contributed by atoms with E-state index in [0.717, 1.165) is 24.5 Å². The van der Waals surface area contributed by atoms with Crippen molar-refractivity contribution in [2.75, 3.05) is 11.9 Å². The minimum Gasteiger partial charge on any atom is -0.370 e. The van der Waals surface area contributed by atoms with Gasteiger partial charge in [0.05, 0.1) is 6.20 Å². The highest BCUT2D eigenvalue weighted by atomic mass is 15.3. The third-order valence-electron chi connectivity index (χ3n) is 1.66. The highest BCUT2D eigenvalue weighted by Crippen LogP contribution is 2.18. The molecule has 0 saturated heterocycles. The minimum absolute atomic E-state index is 0.977. The standard InChI is InChI=1S/C7H9N3/c1-6-2-4-8-7-3-5-9-10(6)7/h3,5,8H,1-2,4H2. The normalized spacial score (nSPS) is 16.2. The van der Waals surface area contributed by atoms with Crippen LogP contribution in [0.1, 0.15) is 6.42 Å². The van der Waals surface area contributed by atoms with Gasteiger partial charge in [-0.15, -0.1) is 0 Å². The maximum absolute atomic E-state index is 4.09. The first-order valence-electron chi connectivity index (χ1n) is 3.34. The number of anilines is 1. The van der Waals surface area contributed by atoms with E-state index in [1.165, 1.54) is 0 Å². The van der Waals surface area contributed by atoms with E-state index in [1.54, 1.807) is 6.20 Å². The summed E-state index contributed by atoms with van der Waals surface area (Å²) in [5.41, 5.74) is 1.07. The van der Waals surface area contributed by atoms with E-state index < -0.39 is 0 Å². The van der Waals surface area contributed by atoms with Crippen LogP contribution in [0, 0.1) is 0 Å². The van der Waals surface area contributed by atoms with Crippen molar-refractivity contribution in [2.24, 2.45) is 0 Å². The molecule has 0 amide bonds. The zero-order chi connectivity index (χ0) is 6.97. The monoisotopic (exact) mass is 135 g/mol. The Hall–Kier alpha value is -1.25. The summed E-state index contributed by atoms with van der Waals surface area (Å²) in [4.78, 5) is 0. The van der Waals surface area contributed by atoms with Gasteiger partial charge < -0.3 is 5.32 Å². The van der Waals surface area contributed by atoms with Gasteiger partial charge in [0.2, 0.25) is 0 Å². The van der Waals surface area contributed by atoms with Gasteiger partial charge in [-0.25, -0.2) is 4.68 Å². The summed E-state index contributed by atoms with van der Waals surface area (Å²) in [5.74, 6) is 1.05. The second-order valence-electron chi connectivity index (χ2n) is 2.37. The predicted molar refractivity (Wildman–Crippen MR) is 40.7 cm³/mol. The summed E-state index contributed by atoms with van der Waals surface area (Å²) in [7, 11) is 0. The van der Waals surface area contributed by atoms with E-state index in [0.29, 0.717) is 0 Å². The van der Waals surface area contributed by atoms with Crippen LogP contribution in [0.2, 0.25) is 0 Å². The fourth-order valence-corrected chi connectivity index (χ4v) is 1.13. The molecule has 0 aliphatic carbocycles. The van der Waals surface area contributed by atoms with Crippen molar-refractivity contribution < 1.29 is 0 Å². The molecule has 52 valence electrons. The zero-order valence-electron chi connectivity index (χ0n) is 5.67. The molecule has 0 unspecified atom stereocenters. The predicted octanol–water partition coefficient (Wildman–Crippen LogP) is 1.17. The van der Waals surface area contributed by atoms with Crippen LogP contribution < -0.4 is 5.32 Å². The maximum atomic E-state index is 4.09. The molecule has 0 radical (unpaired) electrons. The molecular weight excluding hydrogens is 126 g/mol. The first-order valence-corrected chi connectivity index (χ1v) is 3.34. The summed E-state index contributed by atoms with van der Waals surface area (Å²) in [6.07, 6.45) is 2.76. The Bertz CT molecular complexity index is 262. The Labute approximate surface area is 59.4 Å². The van der Waals surface area contributed by atoms with Crippen molar-refractivity contribution in [1.29, 1.82) is 0 Å². The quantitative estimate of drug-likeness (QED) is 0.578. The Morgan fingerprint density at radius 3 is 3.40 bits per heavy atom. The van der Waals surface area contributed by atoms with Gasteiger partial charge in [0.1, 0.15) is 5.82 Å². The van der Waals surface area contributed by atoms with E-state index in [9.17, 15) is 0 Å². The number of fused-ring (bicyclic) bond motifs is 1. The Morgan fingerprint density at radius 2 is 2.60 bits per heavy atom. The molecule has 1 aliphatic heterocycles. The van der Waals surface area contributed by atoms with E-state index >= 15 is 0 Å². The lowest BCUT2D eigenvalue weighted by Gasteiger charge is -2.17. The molecule has 0 spiro atoms. The van der Waals surface area contributed by atoms with Crippen molar-refractivity contribution in [3.05, 3.63) is 18.8 Å². The molecule has 1 aliphatic rings. The topological polar surface area (TPSA) is 29.9 Å². The first kappa shape index (κ1) is 5.53. The third kappa shape index (κ3) is 0.635. The lowest BCUT2D eigenvalue weighted by atomic mass is 10.3. The van der Waals surface area contributed by atoms with Crippen molar-refractivity contribution >= 4 is 11.5 Å². The highest BCUT2D eigenvalue weighted by Gasteiger charge is 2.09. The summed E-state index contributed by atoms with van der Waals surface area (Å²) in [6.45, 7) is 4.86. The van der Waals surface area contributed by atoms with Gasteiger partial charge in [-0.1, -0.05) is 6.58 Å². The van der Waals surface area contributed by atoms with Gasteiger partial charge in [-0.05, 0) is 0 Å². The number of hydrogen-bond donors (Lipinski definition) is 1. The van der Waals surface area contributed by atoms with Crippen molar-refractivity contribution in [2.45, 2.75) is 6.42 Å². The third-order valence-corrected chi connectivity index (χ3v) is 1.66. The van der Waals surface area contributed by atoms with Gasteiger partial charge >= 0.3 is 0 Å². The van der Waals surface area contributed by atoms with Gasteiger partial charge in [0, 0.05) is 24.7 Å². The lowest BCUT2D eigenvalue weighted by Crippen LogP contribution is -2.15. The van der Waals surface area contributed by atoms with Crippen LogP contribution in [0.5, 0.6) is 0 Å². The van der Waals surface area contributed by atoms with Crippen molar-refractivity contribution in [3.63, 3.8) is 0 Å². The Morgan fingerprint density at radius 1 is 1.70 bits per heavy atom. The van der Waals surface area contributed by atoms with Crippen LogP contribution in [0.3, 0.4) is 0 Å². The Balaban J connectivity index is 2.50. The molecule has 0 saturated carbocycles. The minimum atomic E-state index is 0.977. The molecule has 0 aromatic carbocycles. The smallest absolute Gasteiger partial charge is 0.129 e. The molecular formula is C7H9N3. The van der Waals surface area contributed by atoms with Crippen LogP contribution in [0.25, 0.3) is 5.70 Å². The molecule has 0 atom stereocenters. The fraction of sp³-hybridized carbons (Fsp3) is 0.286. The van der Waals surface area contributed by atoms with Gasteiger partial charge in [0.15, 0.2) is 0 Å². The van der Waals surface area contributed by atoms with E-state index in [1.807, 2.05) is 10.7 Å². The first-order chi connectivity index (χ1) is 4.88. The molecule has 1 N–H and O–H groups in total. The lowest BCUT2D eigenvalue weighted by molar-refractivity contribution is 0.815. The van der Waals surface area contributed by atoms with Crippen LogP contribution in [0.15, 0.2) is 18.8 Å². The number of hydrogen-bond acceptors (Lipinski definition) is 2. The molecule has 0 fully saturated rings. The molecule has 3 nitrogen and oxygen atoms in total. The number of rotatable bonds is 0. The van der Waals surface area contributed by atoms with Gasteiger partial charge in [-0.2, -0.15) is 5.10 Å². The fourth-order valence-electron chi connectivity index (χ4n) is 1.13. The number of nitrogens with zero attached hydrogens (tertiary/aromatic N) is 2. The summed E-state index contributed by atoms with van der Waals surface area (Å²) in [5, 5.41) is 7.31. The second kappa shape index (κ2) is 1.87. The maximum Gasteiger partial charge on any atom is 0.129 e. The molecule has 1 aromatic heterocycles. The summed E-state index contributed by atoms with van der Waals surface area (Å²) >= 11 is 0. The molecule has 3 heteroatoms. The molecule has 2 heterocycles. The SMILES string of the molecule is C=C1CCNc2ccnn21. The van der Waals surface area contributed by atoms with Crippen molar-refractivity contribution in [3.8, 4) is 0 Å². The summed E-state index contributed by atoms with van der Waals surface area (Å²) < 4.78 is 1.84. The average molecular weight is 135 g/mol.